The van der Waals surface area contributed by atoms with Crippen molar-refractivity contribution in [2.45, 2.75) is 19.4 Å². The molecule has 0 bridgehead atoms. The highest BCUT2D eigenvalue weighted by atomic mass is 32.1. The Morgan fingerprint density at radius 2 is 1.90 bits per heavy atom. The molecule has 2 amide bonds. The Morgan fingerprint density at radius 1 is 1.10 bits per heavy atom. The molecule has 1 aromatic carbocycles. The zero-order valence-corrected chi connectivity index (χ0v) is 17.7. The molecule has 4 rings (SSSR count). The number of likely N-dealkylation sites (tertiary alicyclic amines) is 1. The predicted molar refractivity (Wildman–Crippen MR) is 115 cm³/mol. The normalized spacial score (nSPS) is 16.5. The Morgan fingerprint density at radius 3 is 2.60 bits per heavy atom. The number of piperidine rings is 1. The summed E-state index contributed by atoms with van der Waals surface area (Å²) >= 11 is 2.84. The van der Waals surface area contributed by atoms with Gasteiger partial charge in [0.15, 0.2) is 0 Å². The summed E-state index contributed by atoms with van der Waals surface area (Å²) < 4.78 is 28.0. The molecule has 0 saturated carbocycles. The zero-order chi connectivity index (χ0) is 21.1. The third-order valence-corrected chi connectivity index (χ3v) is 6.87. The first kappa shape index (κ1) is 20.7. The third-order valence-electron chi connectivity index (χ3n) is 5.15. The van der Waals surface area contributed by atoms with Crippen LogP contribution in [0.25, 0.3) is 0 Å². The topological polar surface area (TPSA) is 40.6 Å². The van der Waals surface area contributed by atoms with E-state index in [1.54, 1.807) is 11.0 Å². The molecule has 0 radical (unpaired) electrons. The monoisotopic (exact) mass is 446 g/mol. The van der Waals surface area contributed by atoms with E-state index in [1.807, 2.05) is 29.0 Å². The first-order valence-corrected chi connectivity index (χ1v) is 11.4. The molecule has 1 unspecified atom stereocenters. The number of hydrogen-bond acceptors (Lipinski definition) is 4. The molecule has 1 aliphatic rings. The fourth-order valence-corrected chi connectivity index (χ4v) is 5.06. The van der Waals surface area contributed by atoms with Crippen LogP contribution in [-0.2, 0) is 11.3 Å². The number of carbonyl (C=O) groups is 2. The maximum Gasteiger partial charge on any atom is 0.263 e. The van der Waals surface area contributed by atoms with Crippen molar-refractivity contribution in [3.8, 4) is 0 Å². The summed E-state index contributed by atoms with van der Waals surface area (Å²) in [6, 6.07) is 10.6. The van der Waals surface area contributed by atoms with E-state index in [2.05, 4.69) is 0 Å². The molecule has 1 saturated heterocycles. The number of halogens is 2. The van der Waals surface area contributed by atoms with Crippen LogP contribution in [-0.4, -0.2) is 29.8 Å². The van der Waals surface area contributed by atoms with Crippen molar-refractivity contribution in [2.24, 2.45) is 5.92 Å². The molecule has 3 aromatic rings. The first-order valence-electron chi connectivity index (χ1n) is 9.64. The number of amides is 2. The van der Waals surface area contributed by atoms with Crippen molar-refractivity contribution < 1.29 is 18.4 Å². The lowest BCUT2D eigenvalue weighted by molar-refractivity contribution is -0.123. The minimum absolute atomic E-state index is 0.0523. The predicted octanol–water partition coefficient (Wildman–Crippen LogP) is 5.17. The lowest BCUT2D eigenvalue weighted by Crippen LogP contribution is -2.46. The van der Waals surface area contributed by atoms with Crippen LogP contribution < -0.4 is 4.90 Å². The third kappa shape index (κ3) is 4.44. The zero-order valence-electron chi connectivity index (χ0n) is 16.1. The Hall–Kier alpha value is -2.58. The van der Waals surface area contributed by atoms with Gasteiger partial charge in [-0.15, -0.1) is 22.7 Å². The number of benzene rings is 1. The molecule has 4 nitrogen and oxygen atoms in total. The second-order valence-electron chi connectivity index (χ2n) is 7.17. The fraction of sp³-hybridized carbons (Fsp3) is 0.273. The van der Waals surface area contributed by atoms with Crippen LogP contribution in [0.2, 0.25) is 0 Å². The Balaban J connectivity index is 1.58. The van der Waals surface area contributed by atoms with Crippen molar-refractivity contribution >= 4 is 40.2 Å². The molecule has 0 aliphatic carbocycles. The molecule has 156 valence electrons. The van der Waals surface area contributed by atoms with Crippen LogP contribution >= 0.6 is 22.7 Å². The molecule has 1 fully saturated rings. The van der Waals surface area contributed by atoms with Crippen LogP contribution in [0, 0.1) is 17.6 Å². The van der Waals surface area contributed by atoms with E-state index in [0.717, 1.165) is 17.0 Å². The van der Waals surface area contributed by atoms with Gasteiger partial charge in [-0.25, -0.2) is 8.78 Å². The molecule has 30 heavy (non-hydrogen) atoms. The SMILES string of the molecule is O=C(c1cccs1)N1CCCC(C(=O)N(Cc2cccs2)c2ccc(F)cc2F)C1. The largest absolute Gasteiger partial charge is 0.337 e. The molecule has 0 spiro atoms. The Kier molecular flexibility index (Phi) is 6.24. The van der Waals surface area contributed by atoms with E-state index < -0.39 is 17.6 Å². The summed E-state index contributed by atoms with van der Waals surface area (Å²) in [5.74, 6) is -2.24. The highest BCUT2D eigenvalue weighted by Crippen LogP contribution is 2.29. The van der Waals surface area contributed by atoms with Gasteiger partial charge in [0, 0.05) is 24.0 Å². The van der Waals surface area contributed by atoms with E-state index in [0.29, 0.717) is 30.8 Å². The number of carbonyl (C=O) groups excluding carboxylic acids is 2. The van der Waals surface area contributed by atoms with Gasteiger partial charge in [0.2, 0.25) is 5.91 Å². The average molecular weight is 447 g/mol. The molecule has 8 heteroatoms. The van der Waals surface area contributed by atoms with Gasteiger partial charge >= 0.3 is 0 Å². The van der Waals surface area contributed by atoms with E-state index in [-0.39, 0.29) is 24.0 Å². The summed E-state index contributed by atoms with van der Waals surface area (Å²) in [6.07, 6.45) is 1.32. The number of anilines is 1. The van der Waals surface area contributed by atoms with Crippen molar-refractivity contribution in [1.82, 2.24) is 4.90 Å². The maximum atomic E-state index is 14.6. The number of hydrogen-bond donors (Lipinski definition) is 0. The molecule has 0 N–H and O–H groups in total. The summed E-state index contributed by atoms with van der Waals surface area (Å²) in [7, 11) is 0. The summed E-state index contributed by atoms with van der Waals surface area (Å²) in [5.41, 5.74) is 0.0523. The van der Waals surface area contributed by atoms with Gasteiger partial charge in [0.05, 0.1) is 23.0 Å². The second kappa shape index (κ2) is 9.06. The van der Waals surface area contributed by atoms with E-state index in [9.17, 15) is 18.4 Å². The highest BCUT2D eigenvalue weighted by molar-refractivity contribution is 7.12. The average Bonchev–Trinajstić information content (AvgIpc) is 3.46. The van der Waals surface area contributed by atoms with Gasteiger partial charge in [-0.05, 0) is 47.9 Å². The van der Waals surface area contributed by atoms with Crippen LogP contribution in [0.5, 0.6) is 0 Å². The van der Waals surface area contributed by atoms with Crippen LogP contribution in [0.15, 0.2) is 53.2 Å². The van der Waals surface area contributed by atoms with Crippen molar-refractivity contribution in [1.29, 1.82) is 0 Å². The van der Waals surface area contributed by atoms with Gasteiger partial charge < -0.3 is 9.80 Å². The highest BCUT2D eigenvalue weighted by Gasteiger charge is 2.33. The molecular formula is C22H20F2N2O2S2. The lowest BCUT2D eigenvalue weighted by atomic mass is 9.96. The van der Waals surface area contributed by atoms with Crippen molar-refractivity contribution in [3.63, 3.8) is 0 Å². The van der Waals surface area contributed by atoms with Gasteiger partial charge in [-0.3, -0.25) is 9.59 Å². The smallest absolute Gasteiger partial charge is 0.263 e. The lowest BCUT2D eigenvalue weighted by Gasteiger charge is -2.35. The summed E-state index contributed by atoms with van der Waals surface area (Å²) in [4.78, 5) is 30.8. The van der Waals surface area contributed by atoms with Gasteiger partial charge in [-0.1, -0.05) is 12.1 Å². The van der Waals surface area contributed by atoms with Crippen LogP contribution in [0.3, 0.4) is 0 Å². The van der Waals surface area contributed by atoms with Gasteiger partial charge in [-0.2, -0.15) is 0 Å². The number of rotatable bonds is 5. The van der Waals surface area contributed by atoms with Crippen LogP contribution in [0.1, 0.15) is 27.4 Å². The van der Waals surface area contributed by atoms with Crippen molar-refractivity contribution in [2.75, 3.05) is 18.0 Å². The van der Waals surface area contributed by atoms with E-state index in [1.165, 1.54) is 33.6 Å². The fourth-order valence-electron chi connectivity index (χ4n) is 3.68. The van der Waals surface area contributed by atoms with Crippen LogP contribution in [0.4, 0.5) is 14.5 Å². The van der Waals surface area contributed by atoms with E-state index >= 15 is 0 Å². The summed E-state index contributed by atoms with van der Waals surface area (Å²) in [5, 5.41) is 3.74. The first-order chi connectivity index (χ1) is 14.5. The Labute approximate surface area is 181 Å². The van der Waals surface area contributed by atoms with Crippen molar-refractivity contribution in [3.05, 3.63) is 74.6 Å². The van der Waals surface area contributed by atoms with E-state index in [4.69, 9.17) is 0 Å². The summed E-state index contributed by atoms with van der Waals surface area (Å²) in [6.45, 7) is 1.09. The van der Waals surface area contributed by atoms with Gasteiger partial charge in [0.1, 0.15) is 11.6 Å². The maximum absolute atomic E-state index is 14.6. The standard InChI is InChI=1S/C22H20F2N2O2S2/c23-16-7-8-19(18(24)12-16)26(14-17-5-2-10-29-17)21(27)15-4-1-9-25(13-15)22(28)20-6-3-11-30-20/h2-3,5-8,10-12,15H,1,4,9,13-14H2. The quantitative estimate of drug-likeness (QED) is 0.542. The number of thiophene rings is 2. The molecule has 1 atom stereocenters. The van der Waals surface area contributed by atoms with Gasteiger partial charge in [0.25, 0.3) is 5.91 Å². The second-order valence-corrected chi connectivity index (χ2v) is 9.15. The number of nitrogens with zero attached hydrogens (tertiary/aromatic N) is 2. The molecule has 1 aliphatic heterocycles. The minimum Gasteiger partial charge on any atom is -0.337 e. The molecule has 2 aromatic heterocycles. The minimum atomic E-state index is -0.776. The molecule has 3 heterocycles. The molecular weight excluding hydrogens is 426 g/mol. The Bertz CT molecular complexity index is 1020.